The molecule has 3 heterocycles. The van der Waals surface area contributed by atoms with Gasteiger partial charge >= 0.3 is 0 Å². The van der Waals surface area contributed by atoms with Crippen LogP contribution in [-0.4, -0.2) is 46.9 Å². The standard InChI is InChI=1S/C18H30N4O/c1-18(2,3)11-14-6-4-8-21(14)16-10-17(20-13-19-16)22-9-5-7-15(22)12-23/h10,13-15,23H,4-9,11-12H2,1-3H3/t14-,15-/m1/s1. The van der Waals surface area contributed by atoms with E-state index < -0.39 is 0 Å². The minimum absolute atomic E-state index is 0.204. The second-order valence-corrected chi connectivity index (χ2v) is 8.16. The zero-order valence-electron chi connectivity index (χ0n) is 14.7. The molecule has 5 nitrogen and oxygen atoms in total. The van der Waals surface area contributed by atoms with Crippen LogP contribution in [-0.2, 0) is 0 Å². The van der Waals surface area contributed by atoms with Gasteiger partial charge in [0.1, 0.15) is 18.0 Å². The summed E-state index contributed by atoms with van der Waals surface area (Å²) in [5.74, 6) is 2.01. The summed E-state index contributed by atoms with van der Waals surface area (Å²) in [6.45, 7) is 9.20. The van der Waals surface area contributed by atoms with E-state index in [0.717, 1.165) is 37.6 Å². The number of hydrogen-bond donors (Lipinski definition) is 1. The fourth-order valence-electron chi connectivity index (χ4n) is 4.03. The zero-order chi connectivity index (χ0) is 16.4. The van der Waals surface area contributed by atoms with E-state index in [9.17, 15) is 5.11 Å². The highest BCUT2D eigenvalue weighted by atomic mass is 16.3. The Balaban J connectivity index is 1.79. The molecule has 1 aromatic rings. The van der Waals surface area contributed by atoms with E-state index in [0.29, 0.717) is 11.5 Å². The highest BCUT2D eigenvalue weighted by Crippen LogP contribution is 2.34. The van der Waals surface area contributed by atoms with Gasteiger partial charge in [-0.3, -0.25) is 0 Å². The molecule has 0 radical (unpaired) electrons. The van der Waals surface area contributed by atoms with Gasteiger partial charge < -0.3 is 14.9 Å². The molecule has 2 aliphatic rings. The van der Waals surface area contributed by atoms with Gasteiger partial charge in [0, 0.05) is 25.2 Å². The monoisotopic (exact) mass is 318 g/mol. The third-order valence-corrected chi connectivity index (χ3v) is 5.04. The van der Waals surface area contributed by atoms with Crippen LogP contribution in [0.3, 0.4) is 0 Å². The average molecular weight is 318 g/mol. The molecule has 0 amide bonds. The molecule has 2 fully saturated rings. The third-order valence-electron chi connectivity index (χ3n) is 5.04. The molecule has 2 saturated heterocycles. The van der Waals surface area contributed by atoms with Gasteiger partial charge in [0.05, 0.1) is 12.6 Å². The summed E-state index contributed by atoms with van der Waals surface area (Å²) in [7, 11) is 0. The van der Waals surface area contributed by atoms with Crippen molar-refractivity contribution in [2.75, 3.05) is 29.5 Å². The Morgan fingerprint density at radius 3 is 2.17 bits per heavy atom. The van der Waals surface area contributed by atoms with Gasteiger partial charge in [0.25, 0.3) is 0 Å². The van der Waals surface area contributed by atoms with E-state index in [1.807, 2.05) is 0 Å². The van der Waals surface area contributed by atoms with Crippen molar-refractivity contribution >= 4 is 11.6 Å². The first-order chi connectivity index (χ1) is 11.0. The molecule has 2 atom stereocenters. The van der Waals surface area contributed by atoms with Crippen LogP contribution in [0.5, 0.6) is 0 Å². The van der Waals surface area contributed by atoms with Gasteiger partial charge in [0.15, 0.2) is 0 Å². The van der Waals surface area contributed by atoms with Crippen LogP contribution in [0.15, 0.2) is 12.4 Å². The molecule has 0 saturated carbocycles. The van der Waals surface area contributed by atoms with E-state index in [1.54, 1.807) is 6.33 Å². The first kappa shape index (κ1) is 16.5. The summed E-state index contributed by atoms with van der Waals surface area (Å²) in [5, 5.41) is 9.55. The number of anilines is 2. The smallest absolute Gasteiger partial charge is 0.134 e. The van der Waals surface area contributed by atoms with Gasteiger partial charge in [-0.1, -0.05) is 20.8 Å². The quantitative estimate of drug-likeness (QED) is 0.925. The lowest BCUT2D eigenvalue weighted by Crippen LogP contribution is -2.35. The van der Waals surface area contributed by atoms with Crippen LogP contribution in [0.4, 0.5) is 11.6 Å². The molecular weight excluding hydrogens is 288 g/mol. The molecule has 0 spiro atoms. The molecule has 0 aliphatic carbocycles. The van der Waals surface area contributed by atoms with Crippen molar-refractivity contribution in [3.8, 4) is 0 Å². The fraction of sp³-hybridized carbons (Fsp3) is 0.778. The topological polar surface area (TPSA) is 52.5 Å². The molecule has 3 rings (SSSR count). The Bertz CT molecular complexity index is 528. The molecule has 2 aliphatic heterocycles. The Morgan fingerprint density at radius 1 is 1.04 bits per heavy atom. The maximum Gasteiger partial charge on any atom is 0.134 e. The van der Waals surface area contributed by atoms with Gasteiger partial charge in [0.2, 0.25) is 0 Å². The second kappa shape index (κ2) is 6.63. The highest BCUT2D eigenvalue weighted by Gasteiger charge is 2.31. The highest BCUT2D eigenvalue weighted by molar-refractivity contribution is 5.52. The summed E-state index contributed by atoms with van der Waals surface area (Å²) in [6.07, 6.45) is 7.54. The molecule has 0 unspecified atom stereocenters. The van der Waals surface area contributed by atoms with Gasteiger partial charge in [-0.15, -0.1) is 0 Å². The summed E-state index contributed by atoms with van der Waals surface area (Å²) in [4.78, 5) is 13.7. The predicted octanol–water partition coefficient (Wildman–Crippen LogP) is 2.84. The number of aliphatic hydroxyl groups is 1. The predicted molar refractivity (Wildman–Crippen MR) is 93.9 cm³/mol. The van der Waals surface area contributed by atoms with E-state index in [-0.39, 0.29) is 12.6 Å². The SMILES string of the molecule is CC(C)(C)C[C@H]1CCCN1c1cc(N2CCC[C@@H]2CO)ncn1. The number of rotatable bonds is 4. The number of hydrogen-bond acceptors (Lipinski definition) is 5. The molecule has 1 aromatic heterocycles. The van der Waals surface area contributed by atoms with Crippen molar-refractivity contribution in [2.24, 2.45) is 5.41 Å². The summed E-state index contributed by atoms with van der Waals surface area (Å²) >= 11 is 0. The lowest BCUT2D eigenvalue weighted by atomic mass is 9.87. The lowest BCUT2D eigenvalue weighted by molar-refractivity contribution is 0.266. The molecule has 0 bridgehead atoms. The first-order valence-corrected chi connectivity index (χ1v) is 8.94. The Kier molecular flexibility index (Phi) is 4.76. The van der Waals surface area contributed by atoms with Crippen LogP contribution in [0, 0.1) is 5.41 Å². The third kappa shape index (κ3) is 3.77. The lowest BCUT2D eigenvalue weighted by Gasteiger charge is -2.32. The van der Waals surface area contributed by atoms with Gasteiger partial charge in [-0.25, -0.2) is 9.97 Å². The Labute approximate surface area is 139 Å². The molecule has 0 aromatic carbocycles. The number of nitrogens with zero attached hydrogens (tertiary/aromatic N) is 4. The van der Waals surface area contributed by atoms with Crippen molar-refractivity contribution in [3.05, 3.63) is 12.4 Å². The zero-order valence-corrected chi connectivity index (χ0v) is 14.7. The molecule has 5 heteroatoms. The van der Waals surface area contributed by atoms with E-state index in [4.69, 9.17) is 0 Å². The van der Waals surface area contributed by atoms with Gasteiger partial charge in [-0.05, 0) is 37.5 Å². The van der Waals surface area contributed by atoms with E-state index >= 15 is 0 Å². The maximum atomic E-state index is 9.55. The fourth-order valence-corrected chi connectivity index (χ4v) is 4.03. The normalized spacial score (nSPS) is 25.4. The average Bonchev–Trinajstić information content (AvgIpc) is 3.14. The minimum Gasteiger partial charge on any atom is -0.394 e. The Hall–Kier alpha value is -1.36. The van der Waals surface area contributed by atoms with Crippen LogP contribution in [0.1, 0.15) is 52.9 Å². The summed E-state index contributed by atoms with van der Waals surface area (Å²) in [6, 6.07) is 2.90. The summed E-state index contributed by atoms with van der Waals surface area (Å²) in [5.41, 5.74) is 0.333. The maximum absolute atomic E-state index is 9.55. The summed E-state index contributed by atoms with van der Waals surface area (Å²) < 4.78 is 0. The van der Waals surface area contributed by atoms with Crippen molar-refractivity contribution in [2.45, 2.75) is 65.0 Å². The number of aromatic nitrogens is 2. The largest absolute Gasteiger partial charge is 0.394 e. The van der Waals surface area contributed by atoms with Crippen LogP contribution in [0.25, 0.3) is 0 Å². The second-order valence-electron chi connectivity index (χ2n) is 8.16. The van der Waals surface area contributed by atoms with Crippen LogP contribution >= 0.6 is 0 Å². The number of aliphatic hydroxyl groups excluding tert-OH is 1. The van der Waals surface area contributed by atoms with Crippen molar-refractivity contribution in [3.63, 3.8) is 0 Å². The van der Waals surface area contributed by atoms with E-state index in [1.165, 1.54) is 19.3 Å². The van der Waals surface area contributed by atoms with Crippen molar-refractivity contribution in [1.82, 2.24) is 9.97 Å². The van der Waals surface area contributed by atoms with Gasteiger partial charge in [-0.2, -0.15) is 0 Å². The molecule has 128 valence electrons. The minimum atomic E-state index is 0.204. The van der Waals surface area contributed by atoms with Crippen molar-refractivity contribution in [1.29, 1.82) is 0 Å². The van der Waals surface area contributed by atoms with Crippen molar-refractivity contribution < 1.29 is 5.11 Å². The molecular formula is C18H30N4O. The molecule has 23 heavy (non-hydrogen) atoms. The van der Waals surface area contributed by atoms with E-state index in [2.05, 4.69) is 46.6 Å². The molecule has 1 N–H and O–H groups in total. The van der Waals surface area contributed by atoms with Crippen LogP contribution < -0.4 is 9.80 Å². The Morgan fingerprint density at radius 2 is 1.61 bits per heavy atom. The van der Waals surface area contributed by atoms with Crippen LogP contribution in [0.2, 0.25) is 0 Å². The first-order valence-electron chi connectivity index (χ1n) is 8.94.